The molecule has 0 unspecified atom stereocenters. The van der Waals surface area contributed by atoms with E-state index in [1.54, 1.807) is 6.92 Å². The van der Waals surface area contributed by atoms with Gasteiger partial charge in [-0.1, -0.05) is 13.5 Å². The van der Waals surface area contributed by atoms with E-state index in [-0.39, 0.29) is 6.42 Å². The molecule has 0 aromatic carbocycles. The Bertz CT molecular complexity index is 106. The number of carbonyl (C=O) groups is 2. The molecular weight excluding hydrogens is 134 g/mol. The van der Waals surface area contributed by atoms with Gasteiger partial charge in [-0.25, -0.2) is 0 Å². The molecule has 0 aliphatic heterocycles. The summed E-state index contributed by atoms with van der Waals surface area (Å²) in [6.07, 6.45) is 2.10. The Labute approximate surface area is 59.5 Å². The van der Waals surface area contributed by atoms with Crippen LogP contribution in [0.4, 0.5) is 0 Å². The standard InChI is InChI=1S/C3H5NO.C3H6O2/c1-2-4-3-5;1-2-3(4)5/h2-3H,1H2,(H,4,5);2H2,1H3,(H,4,5). The lowest BCUT2D eigenvalue weighted by Gasteiger charge is -1.71. The van der Waals surface area contributed by atoms with Gasteiger partial charge < -0.3 is 10.4 Å². The van der Waals surface area contributed by atoms with Gasteiger partial charge in [0.2, 0.25) is 6.41 Å². The Kier molecular flexibility index (Phi) is 12.2. The van der Waals surface area contributed by atoms with Gasteiger partial charge in [0.1, 0.15) is 0 Å². The number of amides is 1. The van der Waals surface area contributed by atoms with E-state index in [9.17, 15) is 9.59 Å². The second-order valence-electron chi connectivity index (χ2n) is 1.24. The highest BCUT2D eigenvalue weighted by Gasteiger charge is 1.80. The Balaban J connectivity index is 0. The third kappa shape index (κ3) is 30.0. The lowest BCUT2D eigenvalue weighted by molar-refractivity contribution is -0.136. The molecule has 1 amide bonds. The number of carbonyl (C=O) groups excluding carboxylic acids is 1. The zero-order valence-electron chi connectivity index (χ0n) is 5.83. The zero-order chi connectivity index (χ0) is 8.41. The van der Waals surface area contributed by atoms with Crippen molar-refractivity contribution in [3.05, 3.63) is 12.8 Å². The Hall–Kier alpha value is -1.32. The molecule has 0 bridgehead atoms. The van der Waals surface area contributed by atoms with Crippen molar-refractivity contribution in [2.75, 3.05) is 0 Å². The minimum Gasteiger partial charge on any atom is -0.481 e. The Morgan fingerprint density at radius 2 is 2.20 bits per heavy atom. The first-order chi connectivity index (χ1) is 4.68. The molecule has 0 spiro atoms. The van der Waals surface area contributed by atoms with Crippen molar-refractivity contribution in [1.82, 2.24) is 5.32 Å². The fourth-order valence-electron chi connectivity index (χ4n) is 0.0481. The maximum atomic E-state index is 9.37. The van der Waals surface area contributed by atoms with Crippen molar-refractivity contribution in [1.29, 1.82) is 0 Å². The number of carboxylic acids is 1. The summed E-state index contributed by atoms with van der Waals surface area (Å²) in [5.74, 6) is -0.745. The highest BCUT2D eigenvalue weighted by molar-refractivity contribution is 5.66. The van der Waals surface area contributed by atoms with E-state index >= 15 is 0 Å². The highest BCUT2D eigenvalue weighted by atomic mass is 16.4. The molecular formula is C6H11NO3. The molecule has 0 fully saturated rings. The lowest BCUT2D eigenvalue weighted by Crippen LogP contribution is -1.96. The molecule has 4 nitrogen and oxygen atoms in total. The molecule has 0 aromatic heterocycles. The van der Waals surface area contributed by atoms with Crippen LogP contribution >= 0.6 is 0 Å². The number of hydrogen-bond acceptors (Lipinski definition) is 2. The van der Waals surface area contributed by atoms with Gasteiger partial charge in [-0.15, -0.1) is 0 Å². The summed E-state index contributed by atoms with van der Waals surface area (Å²) in [6.45, 7) is 4.81. The molecule has 58 valence electrons. The zero-order valence-corrected chi connectivity index (χ0v) is 5.83. The normalized spacial score (nSPS) is 6.50. The molecule has 0 radical (unpaired) electrons. The van der Waals surface area contributed by atoms with Gasteiger partial charge in [0.15, 0.2) is 0 Å². The minimum atomic E-state index is -0.745. The van der Waals surface area contributed by atoms with E-state index < -0.39 is 5.97 Å². The summed E-state index contributed by atoms with van der Waals surface area (Å²) in [5.41, 5.74) is 0. The summed E-state index contributed by atoms with van der Waals surface area (Å²) in [6, 6.07) is 0. The first-order valence-electron chi connectivity index (χ1n) is 2.71. The fourth-order valence-corrected chi connectivity index (χ4v) is 0.0481. The largest absolute Gasteiger partial charge is 0.481 e. The minimum absolute atomic E-state index is 0.222. The third-order valence-electron chi connectivity index (χ3n) is 0.488. The van der Waals surface area contributed by atoms with Crippen LogP contribution in [0.15, 0.2) is 12.8 Å². The van der Waals surface area contributed by atoms with Crippen LogP contribution in [0.25, 0.3) is 0 Å². The van der Waals surface area contributed by atoms with E-state index in [4.69, 9.17) is 5.11 Å². The molecule has 0 heterocycles. The van der Waals surface area contributed by atoms with E-state index in [2.05, 4.69) is 11.9 Å². The van der Waals surface area contributed by atoms with Gasteiger partial charge in [0.25, 0.3) is 0 Å². The van der Waals surface area contributed by atoms with Crippen LogP contribution < -0.4 is 5.32 Å². The summed E-state index contributed by atoms with van der Waals surface area (Å²) in [7, 11) is 0. The molecule has 2 N–H and O–H groups in total. The number of aliphatic carboxylic acids is 1. The Morgan fingerprint density at radius 3 is 2.20 bits per heavy atom. The molecule has 0 atom stereocenters. The van der Waals surface area contributed by atoms with Crippen molar-refractivity contribution in [2.45, 2.75) is 13.3 Å². The van der Waals surface area contributed by atoms with E-state index in [1.165, 1.54) is 6.20 Å². The molecule has 10 heavy (non-hydrogen) atoms. The van der Waals surface area contributed by atoms with Crippen LogP contribution in [0.2, 0.25) is 0 Å². The van der Waals surface area contributed by atoms with Crippen LogP contribution in [0, 0.1) is 0 Å². The smallest absolute Gasteiger partial charge is 0.303 e. The second-order valence-corrected chi connectivity index (χ2v) is 1.24. The van der Waals surface area contributed by atoms with E-state index in [1.807, 2.05) is 0 Å². The molecule has 0 rings (SSSR count). The third-order valence-corrected chi connectivity index (χ3v) is 0.488. The van der Waals surface area contributed by atoms with Crippen molar-refractivity contribution in [3.63, 3.8) is 0 Å². The van der Waals surface area contributed by atoms with Gasteiger partial charge in [-0.05, 0) is 6.20 Å². The van der Waals surface area contributed by atoms with Crippen LogP contribution in [0.1, 0.15) is 13.3 Å². The topological polar surface area (TPSA) is 66.4 Å². The van der Waals surface area contributed by atoms with Crippen LogP contribution in [0.3, 0.4) is 0 Å². The first-order valence-corrected chi connectivity index (χ1v) is 2.71. The molecule has 0 saturated heterocycles. The highest BCUT2D eigenvalue weighted by Crippen LogP contribution is 1.67. The van der Waals surface area contributed by atoms with Crippen molar-refractivity contribution in [3.8, 4) is 0 Å². The number of carboxylic acid groups (broad SMARTS) is 1. The lowest BCUT2D eigenvalue weighted by atomic mass is 10.5. The first kappa shape index (κ1) is 11.5. The summed E-state index contributed by atoms with van der Waals surface area (Å²) in [4.78, 5) is 18.6. The van der Waals surface area contributed by atoms with Gasteiger partial charge in [0.05, 0.1) is 0 Å². The van der Waals surface area contributed by atoms with Gasteiger partial charge in [0, 0.05) is 6.42 Å². The number of nitrogens with one attached hydrogen (secondary N) is 1. The van der Waals surface area contributed by atoms with Gasteiger partial charge in [-0.2, -0.15) is 0 Å². The monoisotopic (exact) mass is 145 g/mol. The van der Waals surface area contributed by atoms with Gasteiger partial charge in [-0.3, -0.25) is 9.59 Å². The number of hydrogen-bond donors (Lipinski definition) is 2. The molecule has 0 aliphatic carbocycles. The maximum Gasteiger partial charge on any atom is 0.303 e. The summed E-state index contributed by atoms with van der Waals surface area (Å²) >= 11 is 0. The van der Waals surface area contributed by atoms with Gasteiger partial charge >= 0.3 is 5.97 Å². The molecule has 4 heteroatoms. The van der Waals surface area contributed by atoms with Crippen molar-refractivity contribution in [2.24, 2.45) is 0 Å². The van der Waals surface area contributed by atoms with E-state index in [0.717, 1.165) is 0 Å². The van der Waals surface area contributed by atoms with Crippen molar-refractivity contribution < 1.29 is 14.7 Å². The maximum absolute atomic E-state index is 9.37. The van der Waals surface area contributed by atoms with Crippen LogP contribution in [-0.4, -0.2) is 17.5 Å². The average molecular weight is 145 g/mol. The van der Waals surface area contributed by atoms with Crippen molar-refractivity contribution >= 4 is 12.4 Å². The van der Waals surface area contributed by atoms with Crippen LogP contribution in [0.5, 0.6) is 0 Å². The van der Waals surface area contributed by atoms with Crippen LogP contribution in [-0.2, 0) is 9.59 Å². The van der Waals surface area contributed by atoms with E-state index in [0.29, 0.717) is 6.41 Å². The average Bonchev–Trinajstić information content (AvgIpc) is 1.91. The SMILES string of the molecule is C=CNC=O.CCC(=O)O. The summed E-state index contributed by atoms with van der Waals surface area (Å²) in [5, 5.41) is 9.92. The molecule has 0 aromatic rings. The number of rotatable bonds is 3. The predicted molar refractivity (Wildman–Crippen MR) is 37.3 cm³/mol. The fraction of sp³-hybridized carbons (Fsp3) is 0.333. The Morgan fingerprint density at radius 1 is 1.80 bits per heavy atom. The quantitative estimate of drug-likeness (QED) is 0.563. The summed E-state index contributed by atoms with van der Waals surface area (Å²) < 4.78 is 0. The molecule has 0 aliphatic rings. The second kappa shape index (κ2) is 10.6. The molecule has 0 saturated carbocycles. The predicted octanol–water partition coefficient (Wildman–Crippen LogP) is 0.357.